The molecule has 1 amide bonds. The van der Waals surface area contributed by atoms with Crippen LogP contribution >= 0.6 is 15.9 Å². The van der Waals surface area contributed by atoms with Crippen LogP contribution in [-0.2, 0) is 11.3 Å². The molecular weight excluding hydrogens is 520 g/mol. The molecular formula is C28H31BrN4O3. The Bertz CT molecular complexity index is 1400. The van der Waals surface area contributed by atoms with Crippen LogP contribution in [-0.4, -0.2) is 33.0 Å². The van der Waals surface area contributed by atoms with Gasteiger partial charge >= 0.3 is 5.97 Å². The van der Waals surface area contributed by atoms with Crippen molar-refractivity contribution in [1.82, 2.24) is 14.5 Å². The Morgan fingerprint density at radius 1 is 1.06 bits per heavy atom. The molecule has 0 saturated heterocycles. The molecule has 7 nitrogen and oxygen atoms in total. The first-order valence-electron chi connectivity index (χ1n) is 12.5. The molecule has 36 heavy (non-hydrogen) atoms. The number of nitrogens with zero attached hydrogens (tertiary/aromatic N) is 3. The molecule has 0 saturated carbocycles. The first kappa shape index (κ1) is 25.8. The Hall–Kier alpha value is -3.26. The number of benzene rings is 2. The summed E-state index contributed by atoms with van der Waals surface area (Å²) in [4.78, 5) is 36.3. The van der Waals surface area contributed by atoms with Crippen LogP contribution in [0.5, 0.6) is 0 Å². The van der Waals surface area contributed by atoms with Gasteiger partial charge in [-0.25, -0.2) is 14.8 Å². The maximum absolute atomic E-state index is 13.4. The molecule has 0 radical (unpaired) electrons. The predicted molar refractivity (Wildman–Crippen MR) is 146 cm³/mol. The van der Waals surface area contributed by atoms with Crippen LogP contribution < -0.4 is 5.32 Å². The Labute approximate surface area is 219 Å². The smallest absolute Gasteiger partial charge is 0.344 e. The molecule has 8 heteroatoms. The van der Waals surface area contributed by atoms with Gasteiger partial charge < -0.3 is 14.6 Å². The van der Waals surface area contributed by atoms with Gasteiger partial charge in [0.2, 0.25) is 0 Å². The predicted octanol–water partition coefficient (Wildman–Crippen LogP) is 6.99. The number of rotatable bonds is 10. The number of nitrogens with one attached hydrogen (secondary N) is 1. The molecule has 0 aliphatic carbocycles. The first-order chi connectivity index (χ1) is 17.5. The van der Waals surface area contributed by atoms with Gasteiger partial charge in [-0.2, -0.15) is 0 Å². The summed E-state index contributed by atoms with van der Waals surface area (Å²) in [5.74, 6) is -0.127. The maximum atomic E-state index is 13.4. The van der Waals surface area contributed by atoms with Crippen molar-refractivity contribution in [3.63, 3.8) is 0 Å². The highest BCUT2D eigenvalue weighted by Gasteiger charge is 2.29. The number of anilines is 1. The summed E-state index contributed by atoms with van der Waals surface area (Å²) in [6.07, 6.45) is 4.22. The van der Waals surface area contributed by atoms with Gasteiger partial charge in [0.05, 0.1) is 17.6 Å². The molecule has 2 aromatic carbocycles. The fourth-order valence-corrected chi connectivity index (χ4v) is 4.79. The van der Waals surface area contributed by atoms with E-state index >= 15 is 0 Å². The summed E-state index contributed by atoms with van der Waals surface area (Å²) in [6.45, 7) is 6.92. The molecule has 1 N–H and O–H groups in total. The van der Waals surface area contributed by atoms with E-state index in [1.54, 1.807) is 25.1 Å². The van der Waals surface area contributed by atoms with Crippen LogP contribution in [0.2, 0.25) is 0 Å². The number of hydrogen-bond donors (Lipinski definition) is 1. The number of ether oxygens (including phenoxy) is 1. The summed E-state index contributed by atoms with van der Waals surface area (Å²) in [5, 5.41) is 3.01. The van der Waals surface area contributed by atoms with Crippen LogP contribution in [0.25, 0.3) is 22.2 Å². The van der Waals surface area contributed by atoms with E-state index in [0.29, 0.717) is 40.5 Å². The van der Waals surface area contributed by atoms with E-state index < -0.39 is 5.97 Å². The molecule has 4 aromatic rings. The van der Waals surface area contributed by atoms with E-state index in [4.69, 9.17) is 14.7 Å². The van der Waals surface area contributed by atoms with Gasteiger partial charge in [-0.1, -0.05) is 67.2 Å². The second kappa shape index (κ2) is 11.6. The van der Waals surface area contributed by atoms with E-state index in [-0.39, 0.29) is 18.1 Å². The second-order valence-electron chi connectivity index (χ2n) is 8.82. The van der Waals surface area contributed by atoms with Crippen molar-refractivity contribution in [1.29, 1.82) is 0 Å². The third-order valence-corrected chi connectivity index (χ3v) is 6.83. The highest BCUT2D eigenvalue weighted by Crippen LogP contribution is 2.33. The lowest BCUT2D eigenvalue weighted by Crippen LogP contribution is -2.20. The summed E-state index contributed by atoms with van der Waals surface area (Å²) < 4.78 is 8.16. The molecule has 1 atom stereocenters. The lowest BCUT2D eigenvalue weighted by Gasteiger charge is -2.19. The third kappa shape index (κ3) is 5.43. The lowest BCUT2D eigenvalue weighted by molar-refractivity contribution is 0.0529. The van der Waals surface area contributed by atoms with E-state index in [9.17, 15) is 9.59 Å². The van der Waals surface area contributed by atoms with Gasteiger partial charge in [0.1, 0.15) is 16.9 Å². The molecule has 0 fully saturated rings. The Morgan fingerprint density at radius 3 is 2.47 bits per heavy atom. The van der Waals surface area contributed by atoms with Gasteiger partial charge in [0.25, 0.3) is 5.91 Å². The number of unbranched alkanes of at least 4 members (excludes halogenated alkanes) is 1. The van der Waals surface area contributed by atoms with Gasteiger partial charge in [-0.05, 0) is 49.6 Å². The van der Waals surface area contributed by atoms with Crippen LogP contribution in [0.1, 0.15) is 67.2 Å². The number of fused-ring (bicyclic) bond motifs is 2. The zero-order valence-corrected chi connectivity index (χ0v) is 22.5. The normalized spacial score (nSPS) is 12.1. The first-order valence-corrected chi connectivity index (χ1v) is 13.3. The van der Waals surface area contributed by atoms with E-state index in [0.717, 1.165) is 35.7 Å². The minimum atomic E-state index is -0.531. The lowest BCUT2D eigenvalue weighted by atomic mass is 9.99. The summed E-state index contributed by atoms with van der Waals surface area (Å²) >= 11 is 3.43. The van der Waals surface area contributed by atoms with Crippen molar-refractivity contribution < 1.29 is 14.3 Å². The number of amides is 1. The highest BCUT2D eigenvalue weighted by molar-refractivity contribution is 9.10. The van der Waals surface area contributed by atoms with Gasteiger partial charge in [-0.3, -0.25) is 4.79 Å². The summed E-state index contributed by atoms with van der Waals surface area (Å²) in [6, 6.07) is 14.7. The van der Waals surface area contributed by atoms with E-state index in [1.807, 2.05) is 34.9 Å². The van der Waals surface area contributed by atoms with Crippen molar-refractivity contribution in [3.05, 3.63) is 64.1 Å². The third-order valence-electron chi connectivity index (χ3n) is 6.33. The number of carbonyl (C=O) groups is 2. The topological polar surface area (TPSA) is 86.1 Å². The number of hydrogen-bond acceptors (Lipinski definition) is 5. The van der Waals surface area contributed by atoms with Crippen LogP contribution in [0.3, 0.4) is 0 Å². The maximum Gasteiger partial charge on any atom is 0.344 e. The summed E-state index contributed by atoms with van der Waals surface area (Å²) in [7, 11) is 0. The fourth-order valence-electron chi connectivity index (χ4n) is 4.39. The van der Waals surface area contributed by atoms with Crippen molar-refractivity contribution in [2.75, 3.05) is 11.9 Å². The average molecular weight is 551 g/mol. The Balaban J connectivity index is 1.93. The highest BCUT2D eigenvalue weighted by atomic mass is 79.9. The quantitative estimate of drug-likeness (QED) is 0.215. The SMILES string of the molecule is CCCC[C@H](CC)Cn1c(NC(=O)c2cccc(Br)c2)c(C(=O)OCC)c2nc3ccccc3nc21. The van der Waals surface area contributed by atoms with Crippen molar-refractivity contribution in [2.24, 2.45) is 5.92 Å². The number of aromatic nitrogens is 3. The standard InChI is InChI=1S/C28H31BrN4O3/c1-4-7-11-18(5-2)17-33-25(32-27(34)19-12-10-13-20(29)16-19)23(28(35)36-6-3)24-26(33)31-22-15-9-8-14-21(22)30-24/h8-10,12-16,18H,4-7,11,17H2,1-3H3,(H,32,34)/t18-/m0/s1. The average Bonchev–Trinajstić information content (AvgIpc) is 3.16. The van der Waals surface area contributed by atoms with Crippen LogP contribution in [0.15, 0.2) is 53.0 Å². The molecule has 2 heterocycles. The van der Waals surface area contributed by atoms with Gasteiger partial charge in [-0.15, -0.1) is 0 Å². The molecule has 0 unspecified atom stereocenters. The summed E-state index contributed by atoms with van der Waals surface area (Å²) in [5.41, 5.74) is 3.11. The number of carbonyl (C=O) groups excluding carboxylic acids is 2. The Morgan fingerprint density at radius 2 is 1.81 bits per heavy atom. The van der Waals surface area contributed by atoms with E-state index in [2.05, 4.69) is 35.1 Å². The van der Waals surface area contributed by atoms with Gasteiger partial charge in [0.15, 0.2) is 5.65 Å². The monoisotopic (exact) mass is 550 g/mol. The zero-order chi connectivity index (χ0) is 25.7. The van der Waals surface area contributed by atoms with Gasteiger partial charge in [0, 0.05) is 16.6 Å². The van der Waals surface area contributed by atoms with Crippen molar-refractivity contribution in [2.45, 2.75) is 53.0 Å². The fraction of sp³-hybridized carbons (Fsp3) is 0.357. The number of esters is 1. The molecule has 0 spiro atoms. The molecule has 0 aliphatic heterocycles. The number of halogens is 1. The molecule has 4 rings (SSSR count). The number of para-hydroxylation sites is 2. The molecule has 2 aromatic heterocycles. The largest absolute Gasteiger partial charge is 0.462 e. The molecule has 188 valence electrons. The minimum Gasteiger partial charge on any atom is -0.462 e. The molecule has 0 aliphatic rings. The van der Waals surface area contributed by atoms with Crippen LogP contribution in [0, 0.1) is 5.92 Å². The van der Waals surface area contributed by atoms with E-state index in [1.165, 1.54) is 0 Å². The zero-order valence-electron chi connectivity index (χ0n) is 20.9. The van der Waals surface area contributed by atoms with Crippen molar-refractivity contribution >= 4 is 55.8 Å². The molecule has 0 bridgehead atoms. The Kier molecular flexibility index (Phi) is 8.36. The minimum absolute atomic E-state index is 0.208. The van der Waals surface area contributed by atoms with Crippen molar-refractivity contribution in [3.8, 4) is 0 Å². The van der Waals surface area contributed by atoms with Crippen LogP contribution in [0.4, 0.5) is 5.82 Å². The second-order valence-corrected chi connectivity index (χ2v) is 9.74.